The monoisotopic (exact) mass is 212 g/mol. The van der Waals surface area contributed by atoms with E-state index in [1.54, 1.807) is 6.08 Å². The van der Waals surface area contributed by atoms with Crippen LogP contribution in [0.3, 0.4) is 0 Å². The van der Waals surface area contributed by atoms with Crippen LogP contribution < -0.4 is 0 Å². The SMILES string of the molecule is C=C/C=C\C(=C)C.CC.CC.CCCC. The lowest BCUT2D eigenvalue weighted by Gasteiger charge is -1.77. The second-order valence-corrected chi connectivity index (χ2v) is 2.44. The number of allylic oxidation sites excluding steroid dienone is 4. The predicted molar refractivity (Wildman–Crippen MR) is 77.4 cm³/mol. The van der Waals surface area contributed by atoms with Gasteiger partial charge in [-0.15, -0.1) is 0 Å². The van der Waals surface area contributed by atoms with Crippen molar-refractivity contribution in [3.63, 3.8) is 0 Å². The van der Waals surface area contributed by atoms with Gasteiger partial charge in [0, 0.05) is 0 Å². The molecule has 0 unspecified atom stereocenters. The Morgan fingerprint density at radius 3 is 1.40 bits per heavy atom. The highest BCUT2D eigenvalue weighted by Crippen LogP contribution is 1.86. The molecule has 0 N–H and O–H groups in total. The topological polar surface area (TPSA) is 0 Å². The molecule has 0 aliphatic heterocycles. The summed E-state index contributed by atoms with van der Waals surface area (Å²) in [5.41, 5.74) is 1.06. The number of unbranched alkanes of at least 4 members (excludes halogenated alkanes) is 1. The first-order valence-electron chi connectivity index (χ1n) is 6.13. The Morgan fingerprint density at radius 2 is 1.33 bits per heavy atom. The van der Waals surface area contributed by atoms with E-state index in [1.165, 1.54) is 12.8 Å². The molecule has 0 aliphatic rings. The van der Waals surface area contributed by atoms with Gasteiger partial charge in [-0.25, -0.2) is 0 Å². The zero-order valence-electron chi connectivity index (χ0n) is 12.1. The molecular weight excluding hydrogens is 180 g/mol. The van der Waals surface area contributed by atoms with E-state index in [2.05, 4.69) is 27.0 Å². The summed E-state index contributed by atoms with van der Waals surface area (Å²) >= 11 is 0. The minimum atomic E-state index is 1.06. The average molecular weight is 212 g/mol. The summed E-state index contributed by atoms with van der Waals surface area (Å²) in [5.74, 6) is 0. The summed E-state index contributed by atoms with van der Waals surface area (Å²) in [6.07, 6.45) is 8.14. The van der Waals surface area contributed by atoms with Crippen molar-refractivity contribution in [3.05, 3.63) is 37.0 Å². The highest BCUT2D eigenvalue weighted by atomic mass is 13.7. The van der Waals surface area contributed by atoms with Crippen molar-refractivity contribution >= 4 is 0 Å². The molecule has 0 saturated heterocycles. The molecule has 0 aliphatic carbocycles. The quantitative estimate of drug-likeness (QED) is 0.491. The Balaban J connectivity index is -0.0000000647. The van der Waals surface area contributed by atoms with Gasteiger partial charge >= 0.3 is 0 Å². The lowest BCUT2D eigenvalue weighted by molar-refractivity contribution is 0.886. The van der Waals surface area contributed by atoms with Gasteiger partial charge in [-0.1, -0.05) is 91.3 Å². The molecule has 0 amide bonds. The molecule has 0 rings (SSSR count). The van der Waals surface area contributed by atoms with Crippen LogP contribution in [0.1, 0.15) is 61.3 Å². The maximum atomic E-state index is 3.66. The number of hydrogen-bond acceptors (Lipinski definition) is 0. The van der Waals surface area contributed by atoms with Crippen LogP contribution in [0.25, 0.3) is 0 Å². The number of rotatable bonds is 3. The molecule has 0 fully saturated rings. The van der Waals surface area contributed by atoms with Crippen molar-refractivity contribution in [2.45, 2.75) is 61.3 Å². The van der Waals surface area contributed by atoms with Gasteiger partial charge < -0.3 is 0 Å². The third-order valence-electron chi connectivity index (χ3n) is 1.02. The molecule has 0 heterocycles. The highest BCUT2D eigenvalue weighted by Gasteiger charge is 1.65. The van der Waals surface area contributed by atoms with Gasteiger partial charge in [-0.05, 0) is 6.92 Å². The second-order valence-electron chi connectivity index (χ2n) is 2.44. The molecule has 0 nitrogen and oxygen atoms in total. The van der Waals surface area contributed by atoms with E-state index < -0.39 is 0 Å². The standard InChI is InChI=1S/C7H10.C4H10.2C2H6/c1-4-5-6-7(2)3;1-3-4-2;2*1-2/h4-6H,1-2H2,3H3;3-4H2,1-2H3;2*1-2H3/b6-5-;;;. The van der Waals surface area contributed by atoms with E-state index in [-0.39, 0.29) is 0 Å². The summed E-state index contributed by atoms with van der Waals surface area (Å²) in [6, 6.07) is 0. The van der Waals surface area contributed by atoms with Gasteiger partial charge in [0.15, 0.2) is 0 Å². The first kappa shape index (κ1) is 23.8. The van der Waals surface area contributed by atoms with Crippen molar-refractivity contribution in [2.24, 2.45) is 0 Å². The van der Waals surface area contributed by atoms with Gasteiger partial charge in [0.25, 0.3) is 0 Å². The summed E-state index contributed by atoms with van der Waals surface area (Å²) < 4.78 is 0. The van der Waals surface area contributed by atoms with Gasteiger partial charge in [-0.3, -0.25) is 0 Å². The fourth-order valence-electron chi connectivity index (χ4n) is 0.232. The Bertz CT molecular complexity index is 116. The van der Waals surface area contributed by atoms with Crippen LogP contribution in [0, 0.1) is 0 Å². The van der Waals surface area contributed by atoms with Gasteiger partial charge in [-0.2, -0.15) is 0 Å². The minimum absolute atomic E-state index is 1.06. The van der Waals surface area contributed by atoms with Crippen LogP contribution in [-0.4, -0.2) is 0 Å². The average Bonchev–Trinajstić information content (AvgIpc) is 2.32. The second kappa shape index (κ2) is 37.9. The van der Waals surface area contributed by atoms with E-state index >= 15 is 0 Å². The minimum Gasteiger partial charge on any atom is -0.0991 e. The van der Waals surface area contributed by atoms with Crippen LogP contribution in [-0.2, 0) is 0 Å². The zero-order valence-corrected chi connectivity index (χ0v) is 12.1. The molecule has 0 saturated carbocycles. The smallest absolute Gasteiger partial charge is 0.0404 e. The number of hydrogen-bond donors (Lipinski definition) is 0. The van der Waals surface area contributed by atoms with Crippen LogP contribution >= 0.6 is 0 Å². The molecular formula is C15H32. The molecule has 15 heavy (non-hydrogen) atoms. The van der Waals surface area contributed by atoms with Crippen molar-refractivity contribution in [1.82, 2.24) is 0 Å². The largest absolute Gasteiger partial charge is 0.0991 e. The van der Waals surface area contributed by atoms with Gasteiger partial charge in [0.05, 0.1) is 0 Å². The molecule has 0 heteroatoms. The van der Waals surface area contributed by atoms with E-state index in [1.807, 2.05) is 46.8 Å². The van der Waals surface area contributed by atoms with E-state index in [9.17, 15) is 0 Å². The molecule has 0 bridgehead atoms. The maximum Gasteiger partial charge on any atom is -0.0404 e. The van der Waals surface area contributed by atoms with E-state index in [0.717, 1.165) is 5.57 Å². The normalized spacial score (nSPS) is 7.13. The molecule has 0 spiro atoms. The lowest BCUT2D eigenvalue weighted by Crippen LogP contribution is -1.55. The van der Waals surface area contributed by atoms with Crippen molar-refractivity contribution in [1.29, 1.82) is 0 Å². The van der Waals surface area contributed by atoms with Crippen LogP contribution in [0.5, 0.6) is 0 Å². The van der Waals surface area contributed by atoms with Gasteiger partial charge in [0.1, 0.15) is 0 Å². The Hall–Kier alpha value is -0.780. The molecule has 92 valence electrons. The zero-order chi connectivity index (χ0) is 13.1. The van der Waals surface area contributed by atoms with Crippen LogP contribution in [0.4, 0.5) is 0 Å². The lowest BCUT2D eigenvalue weighted by atomic mass is 10.3. The van der Waals surface area contributed by atoms with Gasteiger partial charge in [0.2, 0.25) is 0 Å². The van der Waals surface area contributed by atoms with E-state index in [0.29, 0.717) is 0 Å². The molecule has 0 radical (unpaired) electrons. The maximum absolute atomic E-state index is 3.66. The Kier molecular flexibility index (Phi) is 60.1. The summed E-state index contributed by atoms with van der Waals surface area (Å²) in [4.78, 5) is 0. The van der Waals surface area contributed by atoms with Crippen molar-refractivity contribution < 1.29 is 0 Å². The predicted octanol–water partition coefficient (Wildman–Crippen LogP) is 6.16. The third kappa shape index (κ3) is 93.5. The first-order valence-corrected chi connectivity index (χ1v) is 6.13. The molecule has 0 aromatic carbocycles. The molecule has 0 aromatic rings. The van der Waals surface area contributed by atoms with Crippen LogP contribution in [0.2, 0.25) is 0 Å². The van der Waals surface area contributed by atoms with Crippen molar-refractivity contribution in [2.75, 3.05) is 0 Å². The Labute approximate surface area is 98.8 Å². The summed E-state index contributed by atoms with van der Waals surface area (Å²) in [7, 11) is 0. The fraction of sp³-hybridized carbons (Fsp3) is 0.600. The highest BCUT2D eigenvalue weighted by molar-refractivity contribution is 5.15. The first-order chi connectivity index (χ1) is 7.18. The fourth-order valence-corrected chi connectivity index (χ4v) is 0.232. The van der Waals surface area contributed by atoms with Crippen LogP contribution in [0.15, 0.2) is 37.0 Å². The van der Waals surface area contributed by atoms with Crippen molar-refractivity contribution in [3.8, 4) is 0 Å². The Morgan fingerprint density at radius 1 is 1.00 bits per heavy atom. The van der Waals surface area contributed by atoms with E-state index in [4.69, 9.17) is 0 Å². The summed E-state index contributed by atoms with van der Waals surface area (Å²) in [5, 5.41) is 0. The summed E-state index contributed by atoms with van der Waals surface area (Å²) in [6.45, 7) is 21.5. The molecule has 0 atom stereocenters. The molecule has 0 aromatic heterocycles. The third-order valence-corrected chi connectivity index (χ3v) is 1.02.